The van der Waals surface area contributed by atoms with E-state index in [0.29, 0.717) is 66.6 Å². The van der Waals surface area contributed by atoms with Crippen LogP contribution in [0.4, 0.5) is 0 Å². The molecule has 0 saturated heterocycles. The van der Waals surface area contributed by atoms with Crippen molar-refractivity contribution in [2.24, 2.45) is 0 Å². The first-order valence-corrected chi connectivity index (χ1v) is 17.0. The summed E-state index contributed by atoms with van der Waals surface area (Å²) >= 11 is 0. The number of aliphatic hydroxyl groups excluding tert-OH is 2. The molecule has 0 unspecified atom stereocenters. The van der Waals surface area contributed by atoms with Crippen LogP contribution in [0.25, 0.3) is 44.8 Å². The number of carbonyl (C=O) groups excluding carboxylic acids is 4. The van der Waals surface area contributed by atoms with E-state index in [1.54, 1.807) is 109 Å². The number of aromatic nitrogens is 4. The van der Waals surface area contributed by atoms with Crippen molar-refractivity contribution in [1.29, 1.82) is 0 Å². The van der Waals surface area contributed by atoms with Crippen molar-refractivity contribution >= 4 is 45.2 Å². The minimum atomic E-state index is -0.248. The summed E-state index contributed by atoms with van der Waals surface area (Å²) in [4.78, 5) is 69.2. The minimum absolute atomic E-state index is 0. The van der Waals surface area contributed by atoms with Gasteiger partial charge in [0, 0.05) is 58.7 Å². The number of rotatable bonds is 2. The largest absolute Gasteiger partial charge is 2.00 e. The van der Waals surface area contributed by atoms with Gasteiger partial charge in [0.15, 0.2) is 23.1 Å². The van der Waals surface area contributed by atoms with E-state index >= 15 is 0 Å². The second-order valence-electron chi connectivity index (χ2n) is 12.2. The van der Waals surface area contributed by atoms with Crippen LogP contribution in [-0.2, 0) is 33.6 Å². The number of carbonyl (C=O) groups is 4. The minimum Gasteiger partial charge on any atom is -0.872 e. The Hall–Kier alpha value is -6.53. The van der Waals surface area contributed by atoms with Crippen LogP contribution < -0.4 is 20.2 Å². The number of nitrogens with zero attached hydrogens (tertiary/aromatic N) is 4. The molecule has 6 aromatic carbocycles. The van der Waals surface area contributed by atoms with Gasteiger partial charge in [-0.05, 0) is 33.2 Å². The third kappa shape index (κ3) is 7.15. The fourth-order valence-corrected chi connectivity index (χ4v) is 6.76. The van der Waals surface area contributed by atoms with Crippen molar-refractivity contribution < 1.29 is 73.2 Å². The Balaban J connectivity index is 0.000000197. The van der Waals surface area contributed by atoms with Crippen LogP contribution in [0.1, 0.15) is 63.7 Å². The molecule has 14 heteroatoms. The zero-order valence-electron chi connectivity index (χ0n) is 30.3. The summed E-state index contributed by atoms with van der Waals surface area (Å²) in [5, 5.41) is 38.1. The van der Waals surface area contributed by atoms with Crippen LogP contribution in [0.5, 0.6) is 11.5 Å². The molecule has 2 aliphatic rings. The summed E-state index contributed by atoms with van der Waals surface area (Å²) in [5.74, 6) is -0.757. The van der Waals surface area contributed by atoms with Gasteiger partial charge in [-0.3, -0.25) is 19.2 Å². The maximum absolute atomic E-state index is 13.0. The topological polar surface area (TPSA) is 209 Å². The Morgan fingerprint density at radius 3 is 1.02 bits per heavy atom. The van der Waals surface area contributed by atoms with Gasteiger partial charge in [0.25, 0.3) is 0 Å². The van der Waals surface area contributed by atoms with E-state index in [9.17, 15) is 29.4 Å². The Kier molecular flexibility index (Phi) is 13.0. The van der Waals surface area contributed by atoms with E-state index in [1.165, 1.54) is 12.1 Å². The van der Waals surface area contributed by atoms with Crippen molar-refractivity contribution in [3.8, 4) is 34.3 Å². The molecule has 0 aliphatic heterocycles. The number of fused-ring (bicyclic) bond motifs is 8. The van der Waals surface area contributed by atoms with Gasteiger partial charge in [-0.25, -0.2) is 0 Å². The molecule has 0 bridgehead atoms. The number of imidazole rings is 2. The Bertz CT molecular complexity index is 2690. The van der Waals surface area contributed by atoms with Crippen molar-refractivity contribution in [1.82, 2.24) is 19.9 Å². The van der Waals surface area contributed by atoms with Gasteiger partial charge in [0.05, 0.1) is 0 Å². The summed E-state index contributed by atoms with van der Waals surface area (Å²) in [6, 6.07) is 33.0. The van der Waals surface area contributed by atoms with E-state index in [1.807, 2.05) is 0 Å². The molecule has 2 aliphatic carbocycles. The molecule has 0 fully saturated rings. The van der Waals surface area contributed by atoms with E-state index in [2.05, 4.69) is 19.9 Å². The maximum Gasteiger partial charge on any atom is 2.00 e. The average molecular weight is 859 g/mol. The molecule has 2 N–H and O–H groups in total. The second-order valence-corrected chi connectivity index (χ2v) is 12.2. The fourth-order valence-electron chi connectivity index (χ4n) is 6.76. The summed E-state index contributed by atoms with van der Waals surface area (Å²) in [6.07, 6.45) is 0. The zero-order chi connectivity index (χ0) is 39.7. The van der Waals surface area contributed by atoms with Gasteiger partial charge < -0.3 is 40.4 Å². The fraction of sp³-hybridized carbons (Fsp3) is 0.0455. The molecule has 0 spiro atoms. The van der Waals surface area contributed by atoms with Crippen LogP contribution in [0, 0.1) is 0 Å². The first kappa shape index (κ1) is 42.6. The molecule has 0 saturated carbocycles. The molecule has 2 radical (unpaired) electrons. The number of ketones is 4. The van der Waals surface area contributed by atoms with E-state index in [0.717, 1.165) is 14.2 Å². The number of hydrogen-bond donors (Lipinski definition) is 2. The molecule has 12 nitrogen and oxygen atoms in total. The zero-order valence-corrected chi connectivity index (χ0v) is 32.4. The predicted octanol–water partition coefficient (Wildman–Crippen LogP) is 4.63. The maximum atomic E-state index is 13.0. The third-order valence-corrected chi connectivity index (χ3v) is 9.23. The van der Waals surface area contributed by atoms with Crippen molar-refractivity contribution in [2.75, 3.05) is 14.2 Å². The summed E-state index contributed by atoms with van der Waals surface area (Å²) in [5.41, 5.74) is 5.11. The number of benzene rings is 6. The van der Waals surface area contributed by atoms with E-state index in [-0.39, 0.29) is 91.0 Å². The van der Waals surface area contributed by atoms with Gasteiger partial charge >= 0.3 is 33.6 Å². The van der Waals surface area contributed by atoms with Crippen molar-refractivity contribution in [3.63, 3.8) is 0 Å². The molecule has 10 rings (SSSR count). The molecule has 58 heavy (non-hydrogen) atoms. The predicted molar refractivity (Wildman–Crippen MR) is 203 cm³/mol. The number of hydrogen-bond acceptors (Lipinski definition) is 10. The van der Waals surface area contributed by atoms with Gasteiger partial charge in [-0.15, -0.1) is 11.5 Å². The molecule has 290 valence electrons. The van der Waals surface area contributed by atoms with Gasteiger partial charge in [-0.2, -0.15) is 0 Å². The molecule has 2 aromatic heterocycles. The summed E-state index contributed by atoms with van der Waals surface area (Å²) in [7, 11) is 2.00. The molecule has 8 aromatic rings. The van der Waals surface area contributed by atoms with E-state index in [4.69, 9.17) is 10.2 Å². The van der Waals surface area contributed by atoms with Crippen LogP contribution in [-0.4, -0.2) is 57.5 Å². The molecule has 0 amide bonds. The monoisotopic (exact) mass is 858 g/mol. The van der Waals surface area contributed by atoms with E-state index < -0.39 is 0 Å². The first-order valence-electron chi connectivity index (χ1n) is 17.0. The number of para-hydroxylation sites is 2. The van der Waals surface area contributed by atoms with Gasteiger partial charge in [0.1, 0.15) is 0 Å². The smallest absolute Gasteiger partial charge is 0.872 e. The van der Waals surface area contributed by atoms with Crippen molar-refractivity contribution in [3.05, 3.63) is 166 Å². The molecular formula is C44H28Co2N4O8. The third-order valence-electron chi connectivity index (χ3n) is 9.23. The Labute approximate surface area is 351 Å². The summed E-state index contributed by atoms with van der Waals surface area (Å²) in [6.45, 7) is 0. The Morgan fingerprint density at radius 2 is 0.690 bits per heavy atom. The molecular weight excluding hydrogens is 830 g/mol. The van der Waals surface area contributed by atoms with Gasteiger partial charge in [0.2, 0.25) is 0 Å². The average Bonchev–Trinajstić information content (AvgIpc) is 3.88. The normalized spacial score (nSPS) is 11.8. The SMILES string of the molecule is CO.CO.O=C1c2ccccc2C(=O)c2c1ccc1nc(-c3ccccc3[O-])[n-]c21.O=C1c2ccccc2C(=O)c2c1ccc1nc(-c3ccccc3[O-])[n-]c21.[Co+2].[Co+2]. The second kappa shape index (κ2) is 17.7. The van der Waals surface area contributed by atoms with Crippen LogP contribution >= 0.6 is 0 Å². The Morgan fingerprint density at radius 1 is 0.397 bits per heavy atom. The molecule has 2 heterocycles. The quantitative estimate of drug-likeness (QED) is 0.244. The van der Waals surface area contributed by atoms with Gasteiger partial charge in [-0.1, -0.05) is 133 Å². The molecule has 0 atom stereocenters. The summed E-state index contributed by atoms with van der Waals surface area (Å²) < 4.78 is 0. The standard InChI is InChI=1S/2C21H12N2O3.2CH4O.2Co/c2*24-16-8-4-3-7-13(16)21-22-15-10-9-14-17(18(15)23-21)20(26)12-6-2-1-5-11(12)19(14)25;2*1-2;;/h2*1-10H,(H2,22,23,24,25,26);2*2H,1H3;;/q;;;;2*+2/p-4. The van der Waals surface area contributed by atoms with Crippen LogP contribution in [0.2, 0.25) is 0 Å². The van der Waals surface area contributed by atoms with Crippen LogP contribution in [0.3, 0.4) is 0 Å². The van der Waals surface area contributed by atoms with Crippen LogP contribution in [0.15, 0.2) is 121 Å². The first-order chi connectivity index (χ1) is 27.3. The number of aliphatic hydroxyl groups is 2. The van der Waals surface area contributed by atoms with Crippen molar-refractivity contribution in [2.45, 2.75) is 0 Å².